The van der Waals surface area contributed by atoms with Crippen molar-refractivity contribution in [3.63, 3.8) is 0 Å². The highest BCUT2D eigenvalue weighted by Crippen LogP contribution is 2.27. The van der Waals surface area contributed by atoms with Gasteiger partial charge < -0.3 is 18.9 Å². The Morgan fingerprint density at radius 1 is 0.404 bits per heavy atom. The average molecular weight is 1660 g/mol. The number of esters is 2. The molecule has 0 saturated heterocycles. The van der Waals surface area contributed by atoms with E-state index in [0.29, 0.717) is 15.8 Å². The molecule has 0 N–H and O–H groups in total. The molecule has 8 rings (SSSR count). The predicted molar refractivity (Wildman–Crippen MR) is 457 cm³/mol. The minimum absolute atomic E-state index is 0.0729. The van der Waals surface area contributed by atoms with Crippen molar-refractivity contribution in [3.8, 4) is 11.5 Å². The number of carbonyl (C=O) groups is 4. The number of aryl methyl sites for hydroxylation is 4. The first-order valence-corrected chi connectivity index (χ1v) is 43.9. The monoisotopic (exact) mass is 1650 g/mol. The van der Waals surface area contributed by atoms with E-state index in [1.165, 1.54) is 259 Å². The van der Waals surface area contributed by atoms with Gasteiger partial charge in [-0.1, -0.05) is 261 Å². The minimum Gasteiger partial charge on any atom is -0.497 e. The predicted octanol–water partition coefficient (Wildman–Crippen LogP) is 26.6. The van der Waals surface area contributed by atoms with Crippen molar-refractivity contribution in [1.29, 1.82) is 0 Å². The van der Waals surface area contributed by atoms with Gasteiger partial charge in [0.15, 0.2) is 21.4 Å². The number of hydrogen-bond acceptors (Lipinski definition) is 16. The molecule has 8 aromatic rings. The van der Waals surface area contributed by atoms with Crippen molar-refractivity contribution >= 4 is 127 Å². The third-order valence-corrected chi connectivity index (χ3v) is 22.2. The molecule has 10 nitrogen and oxygen atoms in total. The molecule has 0 aliphatic rings. The van der Waals surface area contributed by atoms with Gasteiger partial charge in [0, 0.05) is 41.4 Å². The van der Waals surface area contributed by atoms with Crippen molar-refractivity contribution in [1.82, 2.24) is 9.97 Å². The summed E-state index contributed by atoms with van der Waals surface area (Å²) in [6, 6.07) is 51.0. The Labute approximate surface area is 669 Å². The average Bonchev–Trinajstić information content (AvgIpc) is 1.72. The van der Waals surface area contributed by atoms with E-state index < -0.39 is 11.9 Å². The highest BCUT2D eigenvalue weighted by molar-refractivity contribution is 9.10. The van der Waals surface area contributed by atoms with Crippen molar-refractivity contribution in [3.05, 3.63) is 216 Å². The third-order valence-electron chi connectivity index (χ3n) is 16.6. The Hall–Kier alpha value is -5.18. The summed E-state index contributed by atoms with van der Waals surface area (Å²) in [7, 11) is 5.94. The first kappa shape index (κ1) is 93.0. The largest absolute Gasteiger partial charge is 0.497 e. The second-order valence-electron chi connectivity index (χ2n) is 25.1. The Morgan fingerprint density at radius 2 is 0.721 bits per heavy atom. The number of carbonyl (C=O) groups excluding carboxylic acids is 4. The van der Waals surface area contributed by atoms with Crippen LogP contribution in [0.15, 0.2) is 176 Å². The van der Waals surface area contributed by atoms with Gasteiger partial charge in [0.05, 0.1) is 39.5 Å². The first-order chi connectivity index (χ1) is 50.6. The molecule has 0 amide bonds. The van der Waals surface area contributed by atoms with Crippen LogP contribution in [-0.4, -0.2) is 73.0 Å². The standard InChI is InChI=1S/C22H30OS.C21H27NO3S2.C14H21Br.C14H22S.C8H10OS.C7H6BrNO3S/c1-3-4-5-6-7-8-9-19-12-16-22(17-13-19)24-18-20-10-14-21(23-2)15-11-20;1-3-4-5-6-7-8-9-16-10-12-17(13-11-16)26-15-19(23)20-22-18(14-27-20)21(24)25-2;2*1-2-3-4-5-6-7-8-13-9-11-14(15)12-10-13;1-9-8-4-2-7(6-10)3-5-8;1-12-7(11)4-3-13-6(9-4)5(10)2-8/h10-17H,3-9,18H2,1-2H3;10-14H,3-9,15H2,1-2H3;9-12H,2-8H2,1H3;9-12,15H,2-8H2,1H3;2-5,10H,6H2,1H3;3H,2H2,1H3. The molecule has 0 bridgehead atoms. The maximum Gasteiger partial charge on any atom is 0.357 e. The SMILES string of the molecule is CCCCCCCCc1ccc(Br)cc1.CCCCCCCCc1ccc(S)cc1.CCCCCCCCc1ccc(SCC(=O)c2nc(C(=O)OC)cs2)cc1.CCCCCCCCc1ccc(SCc2ccc(OC)cc2)cc1.COC(=O)c1csc(C(=O)CBr)n1.COc1ccc(CS)cc1. The van der Waals surface area contributed by atoms with E-state index >= 15 is 0 Å². The number of aromatic nitrogens is 2. The summed E-state index contributed by atoms with van der Waals surface area (Å²) in [5.74, 6) is 2.66. The highest BCUT2D eigenvalue weighted by atomic mass is 79.9. The lowest BCUT2D eigenvalue weighted by Gasteiger charge is -2.06. The molecule has 104 heavy (non-hydrogen) atoms. The first-order valence-electron chi connectivity index (χ1n) is 37.2. The Kier molecular flexibility index (Phi) is 54.4. The number of hydrogen-bond donors (Lipinski definition) is 2. The van der Waals surface area contributed by atoms with Gasteiger partial charge in [0.25, 0.3) is 0 Å². The number of alkyl halides is 1. The molecular formula is C86H116Br2N2O8S6. The third kappa shape index (κ3) is 43.6. The lowest BCUT2D eigenvalue weighted by atomic mass is 10.1. The number of thiol groups is 2. The van der Waals surface area contributed by atoms with Crippen LogP contribution in [-0.2, 0) is 46.7 Å². The van der Waals surface area contributed by atoms with Crippen molar-refractivity contribution in [2.24, 2.45) is 0 Å². The van der Waals surface area contributed by atoms with Crippen LogP contribution in [0.1, 0.15) is 256 Å². The number of ether oxygens (including phenoxy) is 4. The number of ketones is 2. The molecule has 568 valence electrons. The van der Waals surface area contributed by atoms with Gasteiger partial charge in [-0.25, -0.2) is 19.6 Å². The number of halogens is 2. The maximum absolute atomic E-state index is 12.2. The van der Waals surface area contributed by atoms with Gasteiger partial charge in [0.2, 0.25) is 11.6 Å². The molecule has 0 saturated carbocycles. The highest BCUT2D eigenvalue weighted by Gasteiger charge is 2.17. The Balaban J connectivity index is 0.000000335. The van der Waals surface area contributed by atoms with Crippen LogP contribution in [0.25, 0.3) is 0 Å². The summed E-state index contributed by atoms with van der Waals surface area (Å²) in [6.07, 6.45) is 37.4. The van der Waals surface area contributed by atoms with E-state index in [4.69, 9.17) is 9.47 Å². The van der Waals surface area contributed by atoms with Gasteiger partial charge in [0.1, 0.15) is 11.5 Å². The molecule has 0 atom stereocenters. The van der Waals surface area contributed by atoms with E-state index in [-0.39, 0.29) is 28.3 Å². The summed E-state index contributed by atoms with van der Waals surface area (Å²) >= 11 is 20.6. The molecule has 2 heterocycles. The molecule has 18 heteroatoms. The molecule has 0 aliphatic carbocycles. The van der Waals surface area contributed by atoms with Crippen LogP contribution in [0.3, 0.4) is 0 Å². The molecule has 6 aromatic carbocycles. The number of rotatable bonds is 42. The van der Waals surface area contributed by atoms with E-state index in [2.05, 4.69) is 213 Å². The maximum atomic E-state index is 12.2. The fraction of sp³-hybridized carbons (Fsp3) is 0.465. The smallest absolute Gasteiger partial charge is 0.357 e. The molecular weight excluding hydrogens is 1540 g/mol. The molecule has 0 fully saturated rings. The van der Waals surface area contributed by atoms with Gasteiger partial charge in [-0.15, -0.1) is 58.8 Å². The minimum atomic E-state index is -0.523. The summed E-state index contributed by atoms with van der Waals surface area (Å²) in [5.41, 5.74) is 8.65. The van der Waals surface area contributed by atoms with Crippen LogP contribution < -0.4 is 9.47 Å². The second kappa shape index (κ2) is 60.8. The van der Waals surface area contributed by atoms with Crippen molar-refractivity contribution in [2.75, 3.05) is 39.5 Å². The fourth-order valence-corrected chi connectivity index (χ4v) is 14.6. The summed E-state index contributed by atoms with van der Waals surface area (Å²) in [6.45, 7) is 9.04. The van der Waals surface area contributed by atoms with E-state index in [1.54, 1.807) is 19.6 Å². The van der Waals surface area contributed by atoms with Crippen LogP contribution in [0.5, 0.6) is 11.5 Å². The number of methoxy groups -OCH3 is 4. The second-order valence-corrected chi connectivity index (χ2v) is 31.2. The van der Waals surface area contributed by atoms with Crippen LogP contribution in [0.4, 0.5) is 0 Å². The normalized spacial score (nSPS) is 10.4. The Morgan fingerprint density at radius 3 is 1.07 bits per heavy atom. The zero-order chi connectivity index (χ0) is 75.6. The van der Waals surface area contributed by atoms with E-state index in [1.807, 2.05) is 48.2 Å². The molecule has 0 spiro atoms. The topological polar surface area (TPSA) is 131 Å². The van der Waals surface area contributed by atoms with Crippen LogP contribution >= 0.6 is 103 Å². The number of benzene rings is 6. The van der Waals surface area contributed by atoms with E-state index in [9.17, 15) is 19.2 Å². The molecule has 0 aliphatic heterocycles. The number of nitrogens with zero attached hydrogens (tertiary/aromatic N) is 2. The summed E-state index contributed by atoms with van der Waals surface area (Å²) in [4.78, 5) is 57.0. The molecule has 0 radical (unpaired) electrons. The summed E-state index contributed by atoms with van der Waals surface area (Å²) in [5, 5.41) is 3.93. The summed E-state index contributed by atoms with van der Waals surface area (Å²) < 4.78 is 20.4. The van der Waals surface area contributed by atoms with Crippen molar-refractivity contribution in [2.45, 2.75) is 234 Å². The van der Waals surface area contributed by atoms with Crippen molar-refractivity contribution < 1.29 is 38.1 Å². The zero-order valence-electron chi connectivity index (χ0n) is 63.1. The Bertz CT molecular complexity index is 3370. The lowest BCUT2D eigenvalue weighted by molar-refractivity contribution is 0.0586. The zero-order valence-corrected chi connectivity index (χ0v) is 71.3. The molecule has 0 unspecified atom stereocenters. The lowest BCUT2D eigenvalue weighted by Crippen LogP contribution is -2.05. The molecule has 2 aromatic heterocycles. The number of thiazole rings is 2. The van der Waals surface area contributed by atoms with Gasteiger partial charge >= 0.3 is 11.9 Å². The number of Topliss-reactive ketones (excluding diaryl/α,β-unsaturated/α-hetero) is 2. The quantitative estimate of drug-likeness (QED) is 0.00943. The van der Waals surface area contributed by atoms with E-state index in [0.717, 1.165) is 50.6 Å². The van der Waals surface area contributed by atoms with Crippen LogP contribution in [0.2, 0.25) is 0 Å². The van der Waals surface area contributed by atoms with Gasteiger partial charge in [-0.2, -0.15) is 12.6 Å². The fourth-order valence-electron chi connectivity index (χ4n) is 10.3. The number of unbranched alkanes of at least 4 members (excludes halogenated alkanes) is 20. The van der Waals surface area contributed by atoms with Crippen LogP contribution in [0, 0.1) is 0 Å². The van der Waals surface area contributed by atoms with Gasteiger partial charge in [-0.3, -0.25) is 9.59 Å². The van der Waals surface area contributed by atoms with Gasteiger partial charge in [-0.05, 0) is 158 Å². The number of thioether (sulfide) groups is 2.